The zero-order chi connectivity index (χ0) is 17.5. The Morgan fingerprint density at radius 1 is 1.33 bits per heavy atom. The number of likely N-dealkylation sites (N-methyl/N-ethyl adjacent to an activating group) is 1. The van der Waals surface area contributed by atoms with Gasteiger partial charge < -0.3 is 20.7 Å². The van der Waals surface area contributed by atoms with Crippen LogP contribution in [-0.2, 0) is 4.79 Å². The summed E-state index contributed by atoms with van der Waals surface area (Å²) >= 11 is 0. The molecular weight excluding hydrogens is 302 g/mol. The highest BCUT2D eigenvalue weighted by Gasteiger charge is 2.24. The molecule has 0 unspecified atom stereocenters. The van der Waals surface area contributed by atoms with Crippen LogP contribution in [0.3, 0.4) is 0 Å². The molecule has 5 nitrogen and oxygen atoms in total. The van der Waals surface area contributed by atoms with Crippen molar-refractivity contribution in [1.82, 2.24) is 10.2 Å². The summed E-state index contributed by atoms with van der Waals surface area (Å²) in [6, 6.07) is 7.42. The monoisotopic (exact) mass is 333 g/mol. The number of carbonyl (C=O) groups excluding carboxylic acids is 1. The molecule has 2 atom stereocenters. The Morgan fingerprint density at radius 2 is 2.00 bits per heavy atom. The Labute approximate surface area is 145 Å². The molecule has 1 aliphatic carbocycles. The minimum atomic E-state index is -0.401. The first-order chi connectivity index (χ1) is 11.5. The first-order valence-electron chi connectivity index (χ1n) is 8.89. The second kappa shape index (κ2) is 9.04. The average molecular weight is 333 g/mol. The van der Waals surface area contributed by atoms with Crippen LogP contribution in [0.15, 0.2) is 24.3 Å². The van der Waals surface area contributed by atoms with Gasteiger partial charge in [0.05, 0.1) is 12.1 Å². The predicted octanol–water partition coefficient (Wildman–Crippen LogP) is 2.32. The average Bonchev–Trinajstić information content (AvgIpc) is 3.37. The summed E-state index contributed by atoms with van der Waals surface area (Å²) in [5, 5.41) is 3.01. The van der Waals surface area contributed by atoms with E-state index in [4.69, 9.17) is 10.5 Å². The fourth-order valence-corrected chi connectivity index (χ4v) is 2.56. The maximum absolute atomic E-state index is 12.2. The van der Waals surface area contributed by atoms with Crippen molar-refractivity contribution in [1.29, 1.82) is 0 Å². The summed E-state index contributed by atoms with van der Waals surface area (Å²) in [7, 11) is 4.04. The van der Waals surface area contributed by atoms with E-state index >= 15 is 0 Å². The van der Waals surface area contributed by atoms with Gasteiger partial charge in [-0.25, -0.2) is 0 Å². The molecule has 0 aromatic heterocycles. The number of amides is 1. The number of carbonyl (C=O) groups is 1. The van der Waals surface area contributed by atoms with Crippen LogP contribution in [0, 0.1) is 5.92 Å². The van der Waals surface area contributed by atoms with Gasteiger partial charge in [-0.05, 0) is 57.5 Å². The molecule has 1 fully saturated rings. The molecule has 0 spiro atoms. The molecule has 1 saturated carbocycles. The lowest BCUT2D eigenvalue weighted by Gasteiger charge is -2.18. The van der Waals surface area contributed by atoms with Crippen LogP contribution in [0.1, 0.15) is 44.2 Å². The number of hydrogen-bond donors (Lipinski definition) is 2. The smallest absolute Gasteiger partial charge is 0.237 e. The number of ether oxygens (including phenoxy) is 1. The standard InChI is InChI=1S/C19H31N3O2/c1-14(21-19(23)18(20)11-6-15-4-5-15)16-7-9-17(10-8-16)24-13-12-22(2)3/h7-10,14-15,18H,4-6,11-13,20H2,1-3H3,(H,21,23)/t14-,18-/m0/s1. The number of benzene rings is 1. The Morgan fingerprint density at radius 3 is 2.58 bits per heavy atom. The summed E-state index contributed by atoms with van der Waals surface area (Å²) in [5.41, 5.74) is 7.04. The molecular formula is C19H31N3O2. The van der Waals surface area contributed by atoms with Gasteiger partial charge in [0.25, 0.3) is 0 Å². The van der Waals surface area contributed by atoms with Crippen LogP contribution < -0.4 is 15.8 Å². The van der Waals surface area contributed by atoms with E-state index in [9.17, 15) is 4.79 Å². The van der Waals surface area contributed by atoms with Gasteiger partial charge >= 0.3 is 0 Å². The number of nitrogens with one attached hydrogen (secondary N) is 1. The second-order valence-corrected chi connectivity index (χ2v) is 7.08. The molecule has 0 aliphatic heterocycles. The maximum atomic E-state index is 12.2. The third-order valence-corrected chi connectivity index (χ3v) is 4.47. The van der Waals surface area contributed by atoms with Crippen molar-refractivity contribution in [3.63, 3.8) is 0 Å². The molecule has 1 aromatic rings. The van der Waals surface area contributed by atoms with Gasteiger partial charge in [-0.15, -0.1) is 0 Å². The minimum absolute atomic E-state index is 0.0553. The number of nitrogens with zero attached hydrogens (tertiary/aromatic N) is 1. The fraction of sp³-hybridized carbons (Fsp3) is 0.632. The van der Waals surface area contributed by atoms with Gasteiger partial charge in [-0.3, -0.25) is 4.79 Å². The molecule has 0 radical (unpaired) electrons. The largest absolute Gasteiger partial charge is 0.492 e. The predicted molar refractivity (Wildman–Crippen MR) is 97.0 cm³/mol. The van der Waals surface area contributed by atoms with E-state index in [0.717, 1.165) is 36.6 Å². The van der Waals surface area contributed by atoms with Gasteiger partial charge in [-0.2, -0.15) is 0 Å². The maximum Gasteiger partial charge on any atom is 0.237 e. The van der Waals surface area contributed by atoms with Crippen LogP contribution in [0.2, 0.25) is 0 Å². The third kappa shape index (κ3) is 6.49. The van der Waals surface area contributed by atoms with Crippen LogP contribution >= 0.6 is 0 Å². The highest BCUT2D eigenvalue weighted by molar-refractivity contribution is 5.81. The van der Waals surface area contributed by atoms with Crippen molar-refractivity contribution in [3.8, 4) is 5.75 Å². The zero-order valence-corrected chi connectivity index (χ0v) is 15.1. The number of rotatable bonds is 10. The van der Waals surface area contributed by atoms with Gasteiger partial charge in [0, 0.05) is 6.54 Å². The Hall–Kier alpha value is -1.59. The molecule has 5 heteroatoms. The minimum Gasteiger partial charge on any atom is -0.492 e. The summed E-state index contributed by atoms with van der Waals surface area (Å²) < 4.78 is 5.68. The third-order valence-electron chi connectivity index (χ3n) is 4.47. The molecule has 3 N–H and O–H groups in total. The van der Waals surface area contributed by atoms with E-state index in [2.05, 4.69) is 10.2 Å². The highest BCUT2D eigenvalue weighted by atomic mass is 16.5. The van der Waals surface area contributed by atoms with E-state index in [1.807, 2.05) is 45.3 Å². The van der Waals surface area contributed by atoms with Crippen LogP contribution in [0.4, 0.5) is 0 Å². The van der Waals surface area contributed by atoms with E-state index in [1.54, 1.807) is 0 Å². The van der Waals surface area contributed by atoms with E-state index in [-0.39, 0.29) is 11.9 Å². The molecule has 2 rings (SSSR count). The Balaban J connectivity index is 1.76. The molecule has 1 aromatic carbocycles. The van der Waals surface area contributed by atoms with Crippen LogP contribution in [0.25, 0.3) is 0 Å². The highest BCUT2D eigenvalue weighted by Crippen LogP contribution is 2.33. The summed E-state index contributed by atoms with van der Waals surface area (Å²) in [5.74, 6) is 1.59. The number of nitrogens with two attached hydrogens (primary N) is 1. The summed E-state index contributed by atoms with van der Waals surface area (Å²) in [6.07, 6.45) is 4.45. The van der Waals surface area contributed by atoms with Crippen molar-refractivity contribution in [3.05, 3.63) is 29.8 Å². The molecule has 134 valence electrons. The Kier molecular flexibility index (Phi) is 7.06. The normalized spacial score (nSPS) is 16.7. The van der Waals surface area contributed by atoms with Crippen molar-refractivity contribution >= 4 is 5.91 Å². The van der Waals surface area contributed by atoms with E-state index < -0.39 is 6.04 Å². The zero-order valence-electron chi connectivity index (χ0n) is 15.1. The quantitative estimate of drug-likeness (QED) is 0.689. The fourth-order valence-electron chi connectivity index (χ4n) is 2.56. The molecule has 0 heterocycles. The first-order valence-corrected chi connectivity index (χ1v) is 8.89. The Bertz CT molecular complexity index is 512. The molecule has 1 aliphatic rings. The van der Waals surface area contributed by atoms with Gasteiger partial charge in [0.2, 0.25) is 5.91 Å². The van der Waals surface area contributed by atoms with Crippen molar-refractivity contribution in [2.24, 2.45) is 11.7 Å². The van der Waals surface area contributed by atoms with E-state index in [1.165, 1.54) is 12.8 Å². The second-order valence-electron chi connectivity index (χ2n) is 7.08. The molecule has 0 bridgehead atoms. The molecule has 1 amide bonds. The molecule has 0 saturated heterocycles. The topological polar surface area (TPSA) is 67.6 Å². The van der Waals surface area contributed by atoms with E-state index in [0.29, 0.717) is 6.61 Å². The lowest BCUT2D eigenvalue weighted by molar-refractivity contribution is -0.123. The van der Waals surface area contributed by atoms with Crippen molar-refractivity contribution in [2.45, 2.75) is 44.7 Å². The summed E-state index contributed by atoms with van der Waals surface area (Å²) in [4.78, 5) is 14.2. The SMILES string of the molecule is C[C@H](NC(=O)[C@@H](N)CCC1CC1)c1ccc(OCCN(C)C)cc1. The van der Waals surface area contributed by atoms with Crippen LogP contribution in [0.5, 0.6) is 5.75 Å². The lowest BCUT2D eigenvalue weighted by Crippen LogP contribution is -2.41. The van der Waals surface area contributed by atoms with Gasteiger partial charge in [-0.1, -0.05) is 25.0 Å². The summed E-state index contributed by atoms with van der Waals surface area (Å²) in [6.45, 7) is 3.52. The van der Waals surface area contributed by atoms with Crippen molar-refractivity contribution in [2.75, 3.05) is 27.2 Å². The van der Waals surface area contributed by atoms with Gasteiger partial charge in [0.15, 0.2) is 0 Å². The lowest BCUT2D eigenvalue weighted by atomic mass is 10.1. The molecule has 24 heavy (non-hydrogen) atoms. The van der Waals surface area contributed by atoms with Gasteiger partial charge in [0.1, 0.15) is 12.4 Å². The number of hydrogen-bond acceptors (Lipinski definition) is 4. The van der Waals surface area contributed by atoms with Crippen LogP contribution in [-0.4, -0.2) is 44.1 Å². The first kappa shape index (κ1) is 18.7. The van der Waals surface area contributed by atoms with Crippen molar-refractivity contribution < 1.29 is 9.53 Å².